The number of alkyl halides is 3. The van der Waals surface area contributed by atoms with Gasteiger partial charge in [0.2, 0.25) is 0 Å². The van der Waals surface area contributed by atoms with Gasteiger partial charge in [-0.15, -0.1) is 0 Å². The molecule has 0 bridgehead atoms. The summed E-state index contributed by atoms with van der Waals surface area (Å²) in [7, 11) is 1.74. The van der Waals surface area contributed by atoms with E-state index in [9.17, 15) is 17.6 Å². The summed E-state index contributed by atoms with van der Waals surface area (Å²) in [6.07, 6.45) is 1.76. The number of ether oxygens (including phenoxy) is 2. The molecule has 0 amide bonds. The second-order valence-electron chi connectivity index (χ2n) is 9.41. The number of benzene rings is 2. The minimum atomic E-state index is -4.85. The first-order valence-electron chi connectivity index (χ1n) is 12.3. The van der Waals surface area contributed by atoms with E-state index in [4.69, 9.17) is 9.47 Å². The fourth-order valence-electron chi connectivity index (χ4n) is 4.90. The van der Waals surface area contributed by atoms with Gasteiger partial charge in [-0.3, -0.25) is 0 Å². The molecule has 2 aliphatic rings. The molecule has 2 aromatic rings. The summed E-state index contributed by atoms with van der Waals surface area (Å²) in [6, 6.07) is 5.01. The van der Waals surface area contributed by atoms with Crippen molar-refractivity contribution in [2.45, 2.75) is 39.0 Å². The zero-order chi connectivity index (χ0) is 26.7. The molecule has 2 fully saturated rings. The Hall–Kier alpha value is -3.13. The van der Waals surface area contributed by atoms with Crippen molar-refractivity contribution >= 4 is 0 Å². The van der Waals surface area contributed by atoms with Crippen LogP contribution >= 0.6 is 0 Å². The van der Waals surface area contributed by atoms with Crippen LogP contribution in [0.2, 0.25) is 0 Å². The molecule has 0 heterocycles. The molecule has 8 heteroatoms. The van der Waals surface area contributed by atoms with Crippen LogP contribution in [0, 0.1) is 23.5 Å². The summed E-state index contributed by atoms with van der Waals surface area (Å²) >= 11 is 0. The summed E-state index contributed by atoms with van der Waals surface area (Å²) < 4.78 is 82.2. The largest absolute Gasteiger partial charge is 0.493 e. The Labute approximate surface area is 213 Å². The zero-order valence-electron chi connectivity index (χ0n) is 20.9. The van der Waals surface area contributed by atoms with Gasteiger partial charge in [-0.05, 0) is 92.6 Å². The van der Waals surface area contributed by atoms with Gasteiger partial charge in [0, 0.05) is 17.2 Å². The third kappa shape index (κ3) is 6.24. The minimum absolute atomic E-state index is 0.00232. The van der Waals surface area contributed by atoms with Gasteiger partial charge >= 0.3 is 6.18 Å². The molecule has 0 spiro atoms. The lowest BCUT2D eigenvalue weighted by molar-refractivity contribution is -0.137. The van der Waals surface area contributed by atoms with Crippen molar-refractivity contribution < 1.29 is 31.4 Å². The molecule has 0 radical (unpaired) electrons. The fourth-order valence-corrected chi connectivity index (χ4v) is 4.90. The van der Waals surface area contributed by atoms with Crippen molar-refractivity contribution in [1.29, 1.82) is 0 Å². The van der Waals surface area contributed by atoms with Gasteiger partial charge in [0.1, 0.15) is 29.8 Å². The number of hydrogen-bond donors (Lipinski definition) is 1. The maximum Gasteiger partial charge on any atom is 0.417 e. The van der Waals surface area contributed by atoms with E-state index < -0.39 is 28.9 Å². The smallest absolute Gasteiger partial charge is 0.417 e. The van der Waals surface area contributed by atoms with Crippen LogP contribution < -0.4 is 10.1 Å². The van der Waals surface area contributed by atoms with E-state index in [1.807, 2.05) is 13.0 Å². The normalized spacial score (nSPS) is 20.8. The molecule has 2 unspecified atom stereocenters. The predicted molar refractivity (Wildman–Crippen MR) is 133 cm³/mol. The molecular weight excluding hydrogens is 489 g/mol. The molecule has 2 aliphatic carbocycles. The summed E-state index contributed by atoms with van der Waals surface area (Å²) in [5, 5.41) is 2.90. The molecular formula is C29H30F5NO2. The number of rotatable bonds is 10. The molecule has 2 atom stereocenters. The van der Waals surface area contributed by atoms with Crippen molar-refractivity contribution in [3.8, 4) is 16.9 Å². The Morgan fingerprint density at radius 1 is 1.16 bits per heavy atom. The van der Waals surface area contributed by atoms with Crippen LogP contribution in [0.25, 0.3) is 11.1 Å². The minimum Gasteiger partial charge on any atom is -0.493 e. The van der Waals surface area contributed by atoms with E-state index in [1.165, 1.54) is 18.1 Å². The van der Waals surface area contributed by atoms with Crippen LogP contribution in [0.5, 0.6) is 5.75 Å². The highest BCUT2D eigenvalue weighted by Crippen LogP contribution is 2.57. The predicted octanol–water partition coefficient (Wildman–Crippen LogP) is 7.58. The average molecular weight is 520 g/mol. The summed E-state index contributed by atoms with van der Waals surface area (Å²) in [5.74, 6) is -0.390. The van der Waals surface area contributed by atoms with Gasteiger partial charge in [0.05, 0.1) is 12.2 Å². The Morgan fingerprint density at radius 2 is 1.95 bits per heavy atom. The van der Waals surface area contributed by atoms with E-state index >= 15 is 4.39 Å². The number of hydrogen-bond acceptors (Lipinski definition) is 3. The molecule has 37 heavy (non-hydrogen) atoms. The first kappa shape index (κ1) is 26.9. The Kier molecular flexibility index (Phi) is 8.07. The lowest BCUT2D eigenvalue weighted by Crippen LogP contribution is -2.13. The Morgan fingerprint density at radius 3 is 2.65 bits per heavy atom. The van der Waals surface area contributed by atoms with Gasteiger partial charge < -0.3 is 14.8 Å². The van der Waals surface area contributed by atoms with Crippen LogP contribution in [-0.4, -0.2) is 20.2 Å². The van der Waals surface area contributed by atoms with Gasteiger partial charge in [0.25, 0.3) is 0 Å². The standard InChI is InChI=1S/C29H30F5NO2/c1-4-23-19(12-20-13-24(20)23)10-17(2)37-16-21-11-18(6-7-26(21)30)28-25(29(32,33)34)14-22(15-27(28)31)36-9-5-8-35-3/h4,6-7,10-11,14-15,20,24,35H,2,5,8-9,12-13,16H2,1,3H3/b19-10-,23-4+. The second-order valence-corrected chi connectivity index (χ2v) is 9.41. The lowest BCUT2D eigenvalue weighted by atomic mass is 9.96. The van der Waals surface area contributed by atoms with E-state index in [1.54, 1.807) is 7.05 Å². The number of allylic oxidation sites excluding steroid dienone is 4. The molecule has 198 valence electrons. The fraction of sp³-hybridized carbons (Fsp3) is 0.379. The van der Waals surface area contributed by atoms with Crippen LogP contribution in [0.15, 0.2) is 66.0 Å². The topological polar surface area (TPSA) is 30.5 Å². The highest BCUT2D eigenvalue weighted by molar-refractivity contribution is 5.70. The number of nitrogens with one attached hydrogen (secondary N) is 1. The van der Waals surface area contributed by atoms with Gasteiger partial charge in [-0.2, -0.15) is 13.2 Å². The van der Waals surface area contributed by atoms with Gasteiger partial charge in [-0.1, -0.05) is 18.7 Å². The monoisotopic (exact) mass is 519 g/mol. The second kappa shape index (κ2) is 11.1. The molecule has 2 saturated carbocycles. The number of fused-ring (bicyclic) bond motifs is 1. The van der Waals surface area contributed by atoms with Gasteiger partial charge in [-0.25, -0.2) is 8.78 Å². The van der Waals surface area contributed by atoms with Crippen molar-refractivity contribution in [2.75, 3.05) is 20.2 Å². The van der Waals surface area contributed by atoms with Crippen molar-refractivity contribution in [1.82, 2.24) is 5.32 Å². The molecule has 1 N–H and O–H groups in total. The molecule has 0 aliphatic heterocycles. The molecule has 0 saturated heterocycles. The van der Waals surface area contributed by atoms with Gasteiger partial charge in [0.15, 0.2) is 0 Å². The maximum absolute atomic E-state index is 15.0. The Balaban J connectivity index is 1.55. The third-order valence-corrected chi connectivity index (χ3v) is 6.78. The quantitative estimate of drug-likeness (QED) is 0.199. The van der Waals surface area contributed by atoms with E-state index in [0.29, 0.717) is 30.6 Å². The maximum atomic E-state index is 15.0. The molecule has 2 aromatic carbocycles. The molecule has 3 nitrogen and oxygen atoms in total. The van der Waals surface area contributed by atoms with Crippen molar-refractivity contribution in [3.05, 3.63) is 88.7 Å². The highest BCUT2D eigenvalue weighted by atomic mass is 19.4. The SMILES string of the molecule is C=C(/C=C1/CC2CC2/C1=C/C)OCc1cc(-c2c(F)cc(OCCCNC)cc2C(F)(F)F)ccc1F. The summed E-state index contributed by atoms with van der Waals surface area (Å²) in [5.41, 5.74) is 0.461. The zero-order valence-corrected chi connectivity index (χ0v) is 20.9. The van der Waals surface area contributed by atoms with E-state index in [-0.39, 0.29) is 30.1 Å². The van der Waals surface area contributed by atoms with E-state index in [2.05, 4.69) is 18.0 Å². The summed E-state index contributed by atoms with van der Waals surface area (Å²) in [6.45, 7) is 6.36. The van der Waals surface area contributed by atoms with Crippen LogP contribution in [0.1, 0.15) is 37.3 Å². The van der Waals surface area contributed by atoms with Crippen LogP contribution in [0.4, 0.5) is 22.0 Å². The number of halogens is 5. The van der Waals surface area contributed by atoms with E-state index in [0.717, 1.165) is 36.3 Å². The van der Waals surface area contributed by atoms with Crippen LogP contribution in [0.3, 0.4) is 0 Å². The van der Waals surface area contributed by atoms with Crippen LogP contribution in [-0.2, 0) is 17.5 Å². The first-order valence-corrected chi connectivity index (χ1v) is 12.3. The first-order chi connectivity index (χ1) is 17.6. The lowest BCUT2D eigenvalue weighted by Gasteiger charge is -2.17. The van der Waals surface area contributed by atoms with Crippen molar-refractivity contribution in [3.63, 3.8) is 0 Å². The Bertz CT molecular complexity index is 1230. The molecule has 4 rings (SSSR count). The van der Waals surface area contributed by atoms with Crippen molar-refractivity contribution in [2.24, 2.45) is 11.8 Å². The third-order valence-electron chi connectivity index (χ3n) is 6.78. The average Bonchev–Trinajstić information content (AvgIpc) is 3.51. The summed E-state index contributed by atoms with van der Waals surface area (Å²) in [4.78, 5) is 0. The highest BCUT2D eigenvalue weighted by Gasteiger charge is 2.46. The molecule has 0 aromatic heterocycles.